The molecular formula is C5H5ClO2. The van der Waals surface area contributed by atoms with Gasteiger partial charge in [-0.1, -0.05) is 6.08 Å². The van der Waals surface area contributed by atoms with Crippen LogP contribution >= 0.6 is 11.9 Å². The molecule has 0 amide bonds. The molecule has 1 rings (SSSR count). The second-order valence-corrected chi connectivity index (χ2v) is 1.49. The normalized spacial score (nSPS) is 25.4. The molecule has 3 heteroatoms. The Morgan fingerprint density at radius 2 is 2.38 bits per heavy atom. The van der Waals surface area contributed by atoms with E-state index in [-0.39, 0.29) is 0 Å². The van der Waals surface area contributed by atoms with E-state index in [1.807, 2.05) is 0 Å². The van der Waals surface area contributed by atoms with Crippen molar-refractivity contribution in [3.05, 3.63) is 24.5 Å². The fourth-order valence-corrected chi connectivity index (χ4v) is 0.520. The number of ether oxygens (including phenoxy) is 1. The third-order valence-electron chi connectivity index (χ3n) is 0.758. The van der Waals surface area contributed by atoms with E-state index in [9.17, 15) is 0 Å². The Bertz CT molecular complexity index is 120. The van der Waals surface area contributed by atoms with Gasteiger partial charge in [-0.2, -0.15) is 0 Å². The minimum atomic E-state index is -0.415. The zero-order valence-corrected chi connectivity index (χ0v) is 4.84. The van der Waals surface area contributed by atoms with Crippen molar-refractivity contribution in [1.29, 1.82) is 0 Å². The summed E-state index contributed by atoms with van der Waals surface area (Å²) in [6, 6.07) is 0. The Balaban J connectivity index is 2.40. The van der Waals surface area contributed by atoms with E-state index < -0.39 is 6.29 Å². The van der Waals surface area contributed by atoms with Crippen LogP contribution < -0.4 is 0 Å². The summed E-state index contributed by atoms with van der Waals surface area (Å²) in [6.45, 7) is 0. The zero-order valence-electron chi connectivity index (χ0n) is 4.08. The maximum atomic E-state index is 4.97. The quantitative estimate of drug-likeness (QED) is 0.539. The first-order chi connectivity index (χ1) is 3.93. The molecule has 1 heterocycles. The molecule has 1 aliphatic heterocycles. The molecule has 0 aliphatic carbocycles. The molecule has 1 unspecified atom stereocenters. The Labute approximate surface area is 52.5 Å². The van der Waals surface area contributed by atoms with Gasteiger partial charge in [-0.25, -0.2) is 4.29 Å². The molecule has 1 aliphatic rings. The maximum Gasteiger partial charge on any atom is 0.237 e. The van der Waals surface area contributed by atoms with E-state index in [1.54, 1.807) is 18.2 Å². The monoisotopic (exact) mass is 132 g/mol. The van der Waals surface area contributed by atoms with Crippen LogP contribution in [0.2, 0.25) is 0 Å². The summed E-state index contributed by atoms with van der Waals surface area (Å²) < 4.78 is 9.11. The average molecular weight is 133 g/mol. The van der Waals surface area contributed by atoms with Crippen LogP contribution in [0, 0.1) is 0 Å². The van der Waals surface area contributed by atoms with Gasteiger partial charge in [0.15, 0.2) is 0 Å². The lowest BCUT2D eigenvalue weighted by Crippen LogP contribution is -2.06. The lowest BCUT2D eigenvalue weighted by molar-refractivity contribution is 0.0151. The Morgan fingerprint density at radius 3 is 2.75 bits per heavy atom. The van der Waals surface area contributed by atoms with Crippen LogP contribution in [0.3, 0.4) is 0 Å². The van der Waals surface area contributed by atoms with Gasteiger partial charge in [-0.05, 0) is 12.2 Å². The third kappa shape index (κ3) is 1.25. The number of rotatable bonds is 1. The molecule has 0 bridgehead atoms. The molecule has 0 saturated carbocycles. The first-order valence-corrected chi connectivity index (χ1v) is 2.50. The van der Waals surface area contributed by atoms with E-state index in [4.69, 9.17) is 16.6 Å². The lowest BCUT2D eigenvalue weighted by atomic mass is 10.4. The zero-order chi connectivity index (χ0) is 5.82. The molecule has 0 spiro atoms. The molecule has 0 fully saturated rings. The highest BCUT2D eigenvalue weighted by molar-refractivity contribution is 6.07. The third-order valence-corrected chi connectivity index (χ3v) is 0.934. The molecule has 0 aromatic rings. The Hall–Kier alpha value is -0.470. The first-order valence-electron chi connectivity index (χ1n) is 2.19. The largest absolute Gasteiger partial charge is 0.467 e. The molecule has 0 N–H and O–H groups in total. The lowest BCUT2D eigenvalue weighted by Gasteiger charge is -2.08. The van der Waals surface area contributed by atoms with Crippen LogP contribution in [0.25, 0.3) is 0 Å². The van der Waals surface area contributed by atoms with E-state index in [1.165, 1.54) is 6.26 Å². The molecule has 2 nitrogen and oxygen atoms in total. The van der Waals surface area contributed by atoms with Gasteiger partial charge in [-0.15, -0.1) is 0 Å². The summed E-state index contributed by atoms with van der Waals surface area (Å²) in [7, 11) is 0. The first kappa shape index (κ1) is 5.66. The van der Waals surface area contributed by atoms with E-state index in [0.717, 1.165) is 0 Å². The number of hydrogen-bond donors (Lipinski definition) is 0. The molecule has 0 aromatic heterocycles. The van der Waals surface area contributed by atoms with E-state index in [0.29, 0.717) is 0 Å². The molecular weight excluding hydrogens is 128 g/mol. The van der Waals surface area contributed by atoms with Crippen LogP contribution in [-0.2, 0) is 9.03 Å². The summed E-state index contributed by atoms with van der Waals surface area (Å²) in [6.07, 6.45) is 6.37. The number of hydrogen-bond acceptors (Lipinski definition) is 2. The Kier molecular flexibility index (Phi) is 1.94. The molecule has 0 aromatic carbocycles. The average Bonchev–Trinajstić information content (AvgIpc) is 1.90. The second kappa shape index (κ2) is 2.74. The molecule has 44 valence electrons. The summed E-state index contributed by atoms with van der Waals surface area (Å²) in [5.74, 6) is 0. The standard InChI is InChI=1S/C5H5ClO2/c6-8-5-3-1-2-4-7-5/h1-5H. The van der Waals surface area contributed by atoms with Gasteiger partial charge in [-0.3, -0.25) is 0 Å². The van der Waals surface area contributed by atoms with E-state index >= 15 is 0 Å². The minimum absolute atomic E-state index is 0.415. The SMILES string of the molecule is ClOC1C=CC=CO1. The Morgan fingerprint density at radius 1 is 1.50 bits per heavy atom. The highest BCUT2D eigenvalue weighted by Crippen LogP contribution is 2.04. The number of halogens is 1. The maximum absolute atomic E-state index is 4.97. The van der Waals surface area contributed by atoms with Gasteiger partial charge in [0.1, 0.15) is 0 Å². The summed E-state index contributed by atoms with van der Waals surface area (Å²) in [5.41, 5.74) is 0. The topological polar surface area (TPSA) is 18.5 Å². The minimum Gasteiger partial charge on any atom is -0.467 e. The van der Waals surface area contributed by atoms with Crippen molar-refractivity contribution in [1.82, 2.24) is 0 Å². The van der Waals surface area contributed by atoms with Gasteiger partial charge in [0.2, 0.25) is 6.29 Å². The van der Waals surface area contributed by atoms with Crippen LogP contribution in [0.15, 0.2) is 24.5 Å². The van der Waals surface area contributed by atoms with Crippen LogP contribution in [0.4, 0.5) is 0 Å². The summed E-state index contributed by atoms with van der Waals surface area (Å²) in [4.78, 5) is 0. The summed E-state index contributed by atoms with van der Waals surface area (Å²) in [5, 5.41) is 0. The summed E-state index contributed by atoms with van der Waals surface area (Å²) >= 11 is 4.97. The highest BCUT2D eigenvalue weighted by Gasteiger charge is 2.01. The van der Waals surface area contributed by atoms with Gasteiger partial charge >= 0.3 is 0 Å². The fourth-order valence-electron chi connectivity index (χ4n) is 0.419. The van der Waals surface area contributed by atoms with Gasteiger partial charge in [0, 0.05) is 0 Å². The molecule has 0 radical (unpaired) electrons. The molecule has 8 heavy (non-hydrogen) atoms. The molecule has 0 saturated heterocycles. The van der Waals surface area contributed by atoms with Crippen molar-refractivity contribution in [3.8, 4) is 0 Å². The van der Waals surface area contributed by atoms with Gasteiger partial charge < -0.3 is 4.74 Å². The predicted molar refractivity (Wildman–Crippen MR) is 30.1 cm³/mol. The van der Waals surface area contributed by atoms with Crippen molar-refractivity contribution >= 4 is 11.9 Å². The van der Waals surface area contributed by atoms with Crippen molar-refractivity contribution in [2.45, 2.75) is 6.29 Å². The van der Waals surface area contributed by atoms with Gasteiger partial charge in [0.05, 0.1) is 18.1 Å². The smallest absolute Gasteiger partial charge is 0.237 e. The van der Waals surface area contributed by atoms with Crippen molar-refractivity contribution in [3.63, 3.8) is 0 Å². The van der Waals surface area contributed by atoms with Crippen molar-refractivity contribution < 1.29 is 9.03 Å². The second-order valence-electron chi connectivity index (χ2n) is 1.31. The van der Waals surface area contributed by atoms with Gasteiger partial charge in [0.25, 0.3) is 0 Å². The highest BCUT2D eigenvalue weighted by atomic mass is 35.5. The fraction of sp³-hybridized carbons (Fsp3) is 0.200. The molecule has 1 atom stereocenters. The van der Waals surface area contributed by atoms with Crippen molar-refractivity contribution in [2.75, 3.05) is 0 Å². The number of allylic oxidation sites excluding steroid dienone is 2. The van der Waals surface area contributed by atoms with E-state index in [2.05, 4.69) is 4.29 Å². The van der Waals surface area contributed by atoms with Crippen LogP contribution in [-0.4, -0.2) is 6.29 Å². The van der Waals surface area contributed by atoms with Crippen LogP contribution in [0.5, 0.6) is 0 Å². The predicted octanol–water partition coefficient (Wildman–Crippen LogP) is 1.58. The van der Waals surface area contributed by atoms with Crippen molar-refractivity contribution in [2.24, 2.45) is 0 Å². The van der Waals surface area contributed by atoms with Crippen LogP contribution in [0.1, 0.15) is 0 Å².